The van der Waals surface area contributed by atoms with Gasteiger partial charge in [-0.3, -0.25) is 19.7 Å². The van der Waals surface area contributed by atoms with E-state index in [0.717, 1.165) is 12.1 Å². The van der Waals surface area contributed by atoms with Gasteiger partial charge in [-0.2, -0.15) is 4.68 Å². The molecule has 0 bridgehead atoms. The molecule has 0 fully saturated rings. The predicted octanol–water partition coefficient (Wildman–Crippen LogP) is 0.120. The fourth-order valence-corrected chi connectivity index (χ4v) is 1.45. The van der Waals surface area contributed by atoms with Crippen LogP contribution in [0.4, 0.5) is 0 Å². The van der Waals surface area contributed by atoms with Crippen molar-refractivity contribution in [2.45, 2.75) is 20.3 Å². The third kappa shape index (κ3) is 1.81. The Morgan fingerprint density at radius 1 is 1.38 bits per heavy atom. The maximum absolute atomic E-state index is 11.6. The summed E-state index contributed by atoms with van der Waals surface area (Å²) in [5.41, 5.74) is 0.861. The summed E-state index contributed by atoms with van der Waals surface area (Å²) in [6.07, 6.45) is 0.721. The van der Waals surface area contributed by atoms with E-state index >= 15 is 0 Å². The number of rotatable bonds is 2. The van der Waals surface area contributed by atoms with Crippen LogP contribution in [0.15, 0.2) is 21.7 Å². The van der Waals surface area contributed by atoms with E-state index in [1.165, 1.54) is 16.8 Å². The molecular weight excluding hydrogens is 208 g/mol. The van der Waals surface area contributed by atoms with Gasteiger partial charge in [-0.1, -0.05) is 6.92 Å². The van der Waals surface area contributed by atoms with Gasteiger partial charge in [-0.15, -0.1) is 0 Å². The summed E-state index contributed by atoms with van der Waals surface area (Å²) in [7, 11) is 0. The molecule has 0 unspecified atom stereocenters. The first-order valence-electron chi connectivity index (χ1n) is 4.99. The van der Waals surface area contributed by atoms with Crippen molar-refractivity contribution in [3.05, 3.63) is 44.2 Å². The van der Waals surface area contributed by atoms with Gasteiger partial charge in [-0.25, -0.2) is 4.98 Å². The number of aryl methyl sites for hydroxylation is 2. The molecule has 6 heteroatoms. The van der Waals surface area contributed by atoms with Gasteiger partial charge >= 0.3 is 0 Å². The Labute approximate surface area is 91.0 Å². The van der Waals surface area contributed by atoms with Crippen molar-refractivity contribution >= 4 is 0 Å². The van der Waals surface area contributed by atoms with Crippen molar-refractivity contribution in [3.8, 4) is 5.95 Å². The zero-order chi connectivity index (χ0) is 11.7. The van der Waals surface area contributed by atoms with Crippen molar-refractivity contribution in [1.82, 2.24) is 19.7 Å². The van der Waals surface area contributed by atoms with Gasteiger partial charge in [-0.05, 0) is 13.3 Å². The average molecular weight is 220 g/mol. The first-order valence-corrected chi connectivity index (χ1v) is 4.99. The number of H-pyrrole nitrogens is 2. The van der Waals surface area contributed by atoms with Crippen LogP contribution in [0.5, 0.6) is 0 Å². The van der Waals surface area contributed by atoms with E-state index in [2.05, 4.69) is 15.1 Å². The molecule has 0 aromatic carbocycles. The lowest BCUT2D eigenvalue weighted by Crippen LogP contribution is -2.21. The minimum absolute atomic E-state index is 0.217. The second kappa shape index (κ2) is 3.80. The number of nitrogens with one attached hydrogen (secondary N) is 2. The van der Waals surface area contributed by atoms with Gasteiger partial charge in [0, 0.05) is 23.5 Å². The SMILES string of the molecule is CCc1cc(=O)n(-c2nc(C)cc(=O)[nH]2)[nH]1. The largest absolute Gasteiger partial charge is 0.292 e. The monoisotopic (exact) mass is 220 g/mol. The summed E-state index contributed by atoms with van der Waals surface area (Å²) in [5, 5.41) is 2.87. The molecule has 0 atom stereocenters. The smallest absolute Gasteiger partial charge is 0.274 e. The lowest BCUT2D eigenvalue weighted by Gasteiger charge is -2.00. The Morgan fingerprint density at radius 3 is 2.69 bits per heavy atom. The minimum atomic E-state index is -0.276. The van der Waals surface area contributed by atoms with Crippen molar-refractivity contribution in [3.63, 3.8) is 0 Å². The topological polar surface area (TPSA) is 83.5 Å². The Bertz CT molecular complexity index is 620. The standard InChI is InChI=1S/C10H12N4O2/c1-3-7-5-9(16)14(13-7)10-11-6(2)4-8(15)12-10/h4-5,13H,3H2,1-2H3,(H,11,12,15). The molecule has 0 saturated carbocycles. The Hall–Kier alpha value is -2.11. The average Bonchev–Trinajstić information content (AvgIpc) is 2.58. The van der Waals surface area contributed by atoms with E-state index in [4.69, 9.17) is 0 Å². The zero-order valence-electron chi connectivity index (χ0n) is 9.07. The van der Waals surface area contributed by atoms with Crippen molar-refractivity contribution in [1.29, 1.82) is 0 Å². The molecule has 0 aliphatic rings. The number of hydrogen-bond acceptors (Lipinski definition) is 3. The van der Waals surface area contributed by atoms with Gasteiger partial charge in [0.2, 0.25) is 5.95 Å². The van der Waals surface area contributed by atoms with Crippen molar-refractivity contribution < 1.29 is 0 Å². The molecular formula is C10H12N4O2. The highest BCUT2D eigenvalue weighted by molar-refractivity contribution is 5.14. The van der Waals surface area contributed by atoms with Gasteiger partial charge < -0.3 is 0 Å². The molecule has 0 saturated heterocycles. The third-order valence-corrected chi connectivity index (χ3v) is 2.22. The molecule has 2 aromatic rings. The lowest BCUT2D eigenvalue weighted by molar-refractivity contribution is 0.754. The van der Waals surface area contributed by atoms with Crippen LogP contribution in [0.1, 0.15) is 18.3 Å². The summed E-state index contributed by atoms with van der Waals surface area (Å²) < 4.78 is 1.23. The Kier molecular flexibility index (Phi) is 2.47. The zero-order valence-corrected chi connectivity index (χ0v) is 9.07. The van der Waals surface area contributed by atoms with Crippen LogP contribution < -0.4 is 11.1 Å². The molecule has 6 nitrogen and oxygen atoms in total. The molecule has 2 aromatic heterocycles. The van der Waals surface area contributed by atoms with Crippen molar-refractivity contribution in [2.75, 3.05) is 0 Å². The Morgan fingerprint density at radius 2 is 2.12 bits per heavy atom. The summed E-state index contributed by atoms with van der Waals surface area (Å²) in [6.45, 7) is 3.63. The van der Waals surface area contributed by atoms with Gasteiger partial charge in [0.15, 0.2) is 0 Å². The summed E-state index contributed by atoms with van der Waals surface area (Å²) in [6, 6.07) is 2.86. The normalized spacial score (nSPS) is 10.6. The molecule has 2 rings (SSSR count). The maximum atomic E-state index is 11.6. The molecule has 2 N–H and O–H groups in total. The van der Waals surface area contributed by atoms with Gasteiger partial charge in [0.1, 0.15) is 0 Å². The second-order valence-electron chi connectivity index (χ2n) is 3.52. The van der Waals surface area contributed by atoms with Crippen LogP contribution in [0.25, 0.3) is 5.95 Å². The molecule has 0 spiro atoms. The first-order chi connectivity index (χ1) is 7.60. The molecule has 2 heterocycles. The highest BCUT2D eigenvalue weighted by Crippen LogP contribution is 1.97. The van der Waals surface area contributed by atoms with E-state index in [-0.39, 0.29) is 17.1 Å². The Balaban J connectivity index is 2.62. The van der Waals surface area contributed by atoms with Crippen LogP contribution in [0.2, 0.25) is 0 Å². The maximum Gasteiger partial charge on any atom is 0.274 e. The molecule has 0 aliphatic carbocycles. The summed E-state index contributed by atoms with van der Waals surface area (Å²) in [4.78, 5) is 29.4. The second-order valence-corrected chi connectivity index (χ2v) is 3.52. The van der Waals surface area contributed by atoms with Crippen LogP contribution in [0.3, 0.4) is 0 Å². The minimum Gasteiger partial charge on any atom is -0.292 e. The predicted molar refractivity (Wildman–Crippen MR) is 58.9 cm³/mol. The van der Waals surface area contributed by atoms with Crippen LogP contribution in [0, 0.1) is 6.92 Å². The number of aromatic amines is 2. The van der Waals surface area contributed by atoms with Crippen molar-refractivity contribution in [2.24, 2.45) is 0 Å². The lowest BCUT2D eigenvalue weighted by atomic mass is 10.3. The van der Waals surface area contributed by atoms with E-state index in [1.807, 2.05) is 6.92 Å². The molecule has 0 radical (unpaired) electrons. The molecule has 84 valence electrons. The summed E-state index contributed by atoms with van der Waals surface area (Å²) in [5.74, 6) is 0.217. The van der Waals surface area contributed by atoms with E-state index in [0.29, 0.717) is 5.69 Å². The van der Waals surface area contributed by atoms with Gasteiger partial charge in [0.25, 0.3) is 11.1 Å². The van der Waals surface area contributed by atoms with Crippen LogP contribution in [-0.4, -0.2) is 19.7 Å². The number of nitrogens with zero attached hydrogens (tertiary/aromatic N) is 2. The quantitative estimate of drug-likeness (QED) is 0.754. The van der Waals surface area contributed by atoms with Gasteiger partial charge in [0.05, 0.1) is 0 Å². The van der Waals surface area contributed by atoms with E-state index in [1.54, 1.807) is 6.92 Å². The molecule has 0 amide bonds. The first kappa shape index (κ1) is 10.4. The summed E-state index contributed by atoms with van der Waals surface area (Å²) >= 11 is 0. The highest BCUT2D eigenvalue weighted by atomic mass is 16.1. The number of aromatic nitrogens is 4. The fraction of sp³-hybridized carbons (Fsp3) is 0.300. The third-order valence-electron chi connectivity index (χ3n) is 2.22. The highest BCUT2D eigenvalue weighted by Gasteiger charge is 2.06. The van der Waals surface area contributed by atoms with Crippen LogP contribution in [-0.2, 0) is 6.42 Å². The van der Waals surface area contributed by atoms with E-state index < -0.39 is 0 Å². The molecule has 0 aliphatic heterocycles. The van der Waals surface area contributed by atoms with E-state index in [9.17, 15) is 9.59 Å². The van der Waals surface area contributed by atoms with Crippen LogP contribution >= 0.6 is 0 Å². The fourth-order valence-electron chi connectivity index (χ4n) is 1.45. The number of hydrogen-bond donors (Lipinski definition) is 2. The molecule has 16 heavy (non-hydrogen) atoms.